The van der Waals surface area contributed by atoms with E-state index in [9.17, 15) is 18.3 Å². The third-order valence-electron chi connectivity index (χ3n) is 5.91. The number of alkyl halides is 3. The normalized spacial score (nSPS) is 19.4. The second-order valence-electron chi connectivity index (χ2n) is 8.07. The summed E-state index contributed by atoms with van der Waals surface area (Å²) >= 11 is 0. The Morgan fingerprint density at radius 1 is 1.09 bits per heavy atom. The lowest BCUT2D eigenvalue weighted by Crippen LogP contribution is -2.38. The number of halogens is 5. The lowest BCUT2D eigenvalue weighted by atomic mass is 10.1. The van der Waals surface area contributed by atoms with E-state index in [2.05, 4.69) is 15.2 Å². The van der Waals surface area contributed by atoms with Gasteiger partial charge in [0.1, 0.15) is 23.0 Å². The predicted octanol–water partition coefficient (Wildman–Crippen LogP) is 3.40. The fraction of sp³-hybridized carbons (Fsp3) is 0.318. The summed E-state index contributed by atoms with van der Waals surface area (Å²) in [5.41, 5.74) is 7.20. The number of benzene rings is 1. The first-order valence-electron chi connectivity index (χ1n) is 10.3. The van der Waals surface area contributed by atoms with Crippen LogP contribution in [0.25, 0.3) is 28.1 Å². The number of ether oxygens (including phenoxy) is 1. The zero-order chi connectivity index (χ0) is 23.3. The van der Waals surface area contributed by atoms with Crippen LogP contribution in [-0.4, -0.2) is 68.1 Å². The molecule has 1 fully saturated rings. The number of methoxy groups -OCH3 is 1. The molecule has 0 spiro atoms. The lowest BCUT2D eigenvalue weighted by Gasteiger charge is -2.29. The van der Waals surface area contributed by atoms with Gasteiger partial charge in [-0.1, -0.05) is 24.3 Å². The Labute approximate surface area is 210 Å². The fourth-order valence-corrected chi connectivity index (χ4v) is 4.31. The SMILES string of the molecule is COc1cccc2ccc(-c3nnc4ccc([C@@H](N5C[C@@H](N)[C@@H](O)C5)C(F)(F)F)cn34)nc12.Cl.Cl. The van der Waals surface area contributed by atoms with Crippen LogP contribution in [0.2, 0.25) is 0 Å². The van der Waals surface area contributed by atoms with Crippen molar-refractivity contribution >= 4 is 41.4 Å². The van der Waals surface area contributed by atoms with Gasteiger partial charge in [-0.05, 0) is 23.8 Å². The first-order valence-corrected chi connectivity index (χ1v) is 10.3. The summed E-state index contributed by atoms with van der Waals surface area (Å²) in [5, 5.41) is 19.0. The van der Waals surface area contributed by atoms with Crippen molar-refractivity contribution in [3.8, 4) is 17.3 Å². The molecule has 1 aliphatic heterocycles. The molecule has 0 aliphatic carbocycles. The van der Waals surface area contributed by atoms with Gasteiger partial charge in [-0.2, -0.15) is 13.2 Å². The van der Waals surface area contributed by atoms with Crippen LogP contribution in [0.3, 0.4) is 0 Å². The summed E-state index contributed by atoms with van der Waals surface area (Å²) in [6.45, 7) is -0.227. The Balaban J connectivity index is 0.00000171. The van der Waals surface area contributed by atoms with E-state index in [-0.39, 0.29) is 43.5 Å². The number of nitrogens with two attached hydrogens (primary N) is 1. The van der Waals surface area contributed by atoms with Crippen LogP contribution in [0, 0.1) is 0 Å². The monoisotopic (exact) mass is 530 g/mol. The van der Waals surface area contributed by atoms with Crippen molar-refractivity contribution in [2.45, 2.75) is 24.4 Å². The summed E-state index contributed by atoms with van der Waals surface area (Å²) < 4.78 is 49.1. The molecule has 4 aromatic rings. The van der Waals surface area contributed by atoms with Crippen LogP contribution >= 0.6 is 24.8 Å². The minimum absolute atomic E-state index is 0. The molecular formula is C22H23Cl2F3N6O2. The van der Waals surface area contributed by atoms with Gasteiger partial charge in [0.15, 0.2) is 11.5 Å². The summed E-state index contributed by atoms with van der Waals surface area (Å²) in [6.07, 6.45) is -4.21. The van der Waals surface area contributed by atoms with Gasteiger partial charge >= 0.3 is 6.18 Å². The fourth-order valence-electron chi connectivity index (χ4n) is 4.31. The average molecular weight is 531 g/mol. The zero-order valence-electron chi connectivity index (χ0n) is 18.4. The second kappa shape index (κ2) is 10.1. The molecule has 4 heterocycles. The Morgan fingerprint density at radius 2 is 1.86 bits per heavy atom. The number of likely N-dealkylation sites (tertiary alicyclic amines) is 1. The van der Waals surface area contributed by atoms with Gasteiger partial charge in [-0.25, -0.2) is 4.98 Å². The van der Waals surface area contributed by atoms with Gasteiger partial charge in [0.2, 0.25) is 0 Å². The third-order valence-corrected chi connectivity index (χ3v) is 5.91. The predicted molar refractivity (Wildman–Crippen MR) is 129 cm³/mol. The minimum Gasteiger partial charge on any atom is -0.494 e. The largest absolute Gasteiger partial charge is 0.494 e. The van der Waals surface area contributed by atoms with Gasteiger partial charge in [-0.3, -0.25) is 9.30 Å². The number of aromatic nitrogens is 4. The van der Waals surface area contributed by atoms with E-state index >= 15 is 0 Å². The van der Waals surface area contributed by atoms with Crippen molar-refractivity contribution in [1.29, 1.82) is 0 Å². The molecule has 1 aliphatic rings. The molecule has 1 saturated heterocycles. The van der Waals surface area contributed by atoms with Crippen molar-refractivity contribution in [3.05, 3.63) is 54.2 Å². The highest BCUT2D eigenvalue weighted by atomic mass is 35.5. The highest BCUT2D eigenvalue weighted by molar-refractivity contribution is 5.86. The maximum Gasteiger partial charge on any atom is 0.408 e. The number of nitrogens with zero attached hydrogens (tertiary/aromatic N) is 5. The van der Waals surface area contributed by atoms with E-state index in [1.807, 2.05) is 18.2 Å². The summed E-state index contributed by atoms with van der Waals surface area (Å²) in [4.78, 5) is 5.78. The molecule has 3 atom stereocenters. The molecule has 0 radical (unpaired) electrons. The first-order chi connectivity index (χ1) is 15.8. The molecule has 8 nitrogen and oxygen atoms in total. The van der Waals surface area contributed by atoms with Crippen LogP contribution < -0.4 is 10.5 Å². The number of aliphatic hydroxyl groups excluding tert-OH is 1. The summed E-state index contributed by atoms with van der Waals surface area (Å²) in [7, 11) is 1.54. The number of pyridine rings is 2. The van der Waals surface area contributed by atoms with E-state index in [1.165, 1.54) is 22.7 Å². The highest BCUT2D eigenvalue weighted by Crippen LogP contribution is 2.39. The van der Waals surface area contributed by atoms with Crippen LogP contribution in [-0.2, 0) is 0 Å². The van der Waals surface area contributed by atoms with Crippen molar-refractivity contribution in [2.24, 2.45) is 5.73 Å². The van der Waals surface area contributed by atoms with Crippen molar-refractivity contribution in [1.82, 2.24) is 24.5 Å². The number of β-amino-alcohol motifs (C(OH)–C–C–N with tert-alkyl or cyclic N) is 1. The minimum atomic E-state index is -4.57. The van der Waals surface area contributed by atoms with Crippen LogP contribution in [0.1, 0.15) is 11.6 Å². The van der Waals surface area contributed by atoms with Crippen molar-refractivity contribution in [2.75, 3.05) is 20.2 Å². The molecular weight excluding hydrogens is 508 g/mol. The zero-order valence-corrected chi connectivity index (χ0v) is 20.0. The van der Waals surface area contributed by atoms with Crippen molar-refractivity contribution in [3.63, 3.8) is 0 Å². The molecule has 5 rings (SSSR count). The summed E-state index contributed by atoms with van der Waals surface area (Å²) in [6, 6.07) is 9.29. The standard InChI is InChI=1S/C22H21F3N6O2.2ClH/c1-33-17-4-2-3-12-5-7-15(27-19(12)17)21-29-28-18-8-6-13(9-31(18)21)20(22(23,24)25)30-10-14(26)16(32)11-30;;/h2-9,14,16,20,32H,10-11,26H2,1H3;2*1H/t14-,16+,20-;;/m1../s1. The topological polar surface area (TPSA) is 102 Å². The molecule has 35 heavy (non-hydrogen) atoms. The molecule has 3 N–H and O–H groups in total. The van der Waals surface area contributed by atoms with E-state index in [0.29, 0.717) is 28.4 Å². The van der Waals surface area contributed by atoms with E-state index in [0.717, 1.165) is 10.3 Å². The van der Waals surface area contributed by atoms with E-state index in [1.54, 1.807) is 19.2 Å². The van der Waals surface area contributed by atoms with E-state index < -0.39 is 24.4 Å². The number of hydrogen-bond acceptors (Lipinski definition) is 7. The molecule has 3 aromatic heterocycles. The molecule has 0 saturated carbocycles. The maximum absolute atomic E-state index is 14.1. The lowest BCUT2D eigenvalue weighted by molar-refractivity contribution is -0.184. The summed E-state index contributed by atoms with van der Waals surface area (Å²) in [5.74, 6) is 0.878. The number of aliphatic hydroxyl groups is 1. The Kier molecular flexibility index (Phi) is 7.77. The Hall–Kier alpha value is -2.70. The van der Waals surface area contributed by atoms with Gasteiger partial charge < -0.3 is 15.6 Å². The molecule has 13 heteroatoms. The van der Waals surface area contributed by atoms with Gasteiger partial charge in [0, 0.05) is 30.7 Å². The first kappa shape index (κ1) is 26.9. The molecule has 0 amide bonds. The number of hydrogen-bond donors (Lipinski definition) is 2. The average Bonchev–Trinajstić information content (AvgIpc) is 3.34. The number of para-hydroxylation sites is 1. The molecule has 1 aromatic carbocycles. The van der Waals surface area contributed by atoms with Crippen LogP contribution in [0.5, 0.6) is 5.75 Å². The van der Waals surface area contributed by atoms with Gasteiger partial charge in [-0.15, -0.1) is 35.0 Å². The Bertz CT molecular complexity index is 1330. The van der Waals surface area contributed by atoms with Crippen molar-refractivity contribution < 1.29 is 23.0 Å². The molecule has 0 bridgehead atoms. The van der Waals surface area contributed by atoms with E-state index in [4.69, 9.17) is 10.5 Å². The smallest absolute Gasteiger partial charge is 0.408 e. The van der Waals surface area contributed by atoms with Crippen LogP contribution in [0.4, 0.5) is 13.2 Å². The number of fused-ring (bicyclic) bond motifs is 2. The maximum atomic E-state index is 14.1. The van der Waals surface area contributed by atoms with Crippen LogP contribution in [0.15, 0.2) is 48.7 Å². The quantitative estimate of drug-likeness (QED) is 0.416. The highest BCUT2D eigenvalue weighted by Gasteiger charge is 2.48. The number of rotatable bonds is 4. The third kappa shape index (κ3) is 4.87. The molecule has 188 valence electrons. The molecule has 0 unspecified atom stereocenters. The second-order valence-corrected chi connectivity index (χ2v) is 8.07. The Morgan fingerprint density at radius 3 is 2.51 bits per heavy atom. The van der Waals surface area contributed by atoms with Gasteiger partial charge in [0.25, 0.3) is 0 Å². The van der Waals surface area contributed by atoms with Gasteiger partial charge in [0.05, 0.1) is 13.2 Å².